The molecule has 0 aliphatic rings. The Labute approximate surface area is 151 Å². The minimum Gasteiger partial charge on any atom is -0.489 e. The molecule has 0 bridgehead atoms. The Morgan fingerprint density at radius 3 is 2.04 bits per heavy atom. The van der Waals surface area contributed by atoms with Gasteiger partial charge in [-0.15, -0.1) is 0 Å². The van der Waals surface area contributed by atoms with E-state index in [0.29, 0.717) is 36.5 Å². The quantitative estimate of drug-likeness (QED) is 0.542. The molecule has 0 saturated heterocycles. The van der Waals surface area contributed by atoms with E-state index in [1.54, 1.807) is 24.3 Å². The molecule has 2 rings (SSSR count). The third kappa shape index (κ3) is 6.14. The van der Waals surface area contributed by atoms with E-state index in [1.165, 1.54) is 0 Å². The second kappa shape index (κ2) is 8.62. The van der Waals surface area contributed by atoms with Gasteiger partial charge in [0.2, 0.25) is 0 Å². The van der Waals surface area contributed by atoms with E-state index in [9.17, 15) is 26.3 Å². The molecule has 0 radical (unpaired) electrons. The van der Waals surface area contributed by atoms with Gasteiger partial charge >= 0.3 is 12.4 Å². The minimum atomic E-state index is -4.90. The zero-order chi connectivity index (χ0) is 20.1. The lowest BCUT2D eigenvalue weighted by molar-refractivity contribution is -0.143. The molecule has 0 spiro atoms. The van der Waals surface area contributed by atoms with Crippen LogP contribution in [0, 0.1) is 0 Å². The van der Waals surface area contributed by atoms with Gasteiger partial charge < -0.3 is 15.2 Å². The molecule has 0 aliphatic heterocycles. The van der Waals surface area contributed by atoms with Crippen LogP contribution in [-0.4, -0.2) is 18.3 Å². The highest BCUT2D eigenvalue weighted by Crippen LogP contribution is 2.36. The summed E-state index contributed by atoms with van der Waals surface area (Å²) >= 11 is 0. The first-order valence-corrected chi connectivity index (χ1v) is 7.92. The van der Waals surface area contributed by atoms with Gasteiger partial charge in [-0.3, -0.25) is 0 Å². The third-order valence-electron chi connectivity index (χ3n) is 3.62. The second-order valence-electron chi connectivity index (χ2n) is 5.71. The molecule has 0 atom stereocenters. The largest absolute Gasteiger partial charge is 0.489 e. The first-order valence-electron chi connectivity index (χ1n) is 7.92. The van der Waals surface area contributed by atoms with Gasteiger partial charge in [0.05, 0.1) is 17.7 Å². The Morgan fingerprint density at radius 2 is 1.48 bits per heavy atom. The normalized spacial score (nSPS) is 12.3. The number of hydrogen-bond acceptors (Lipinski definition) is 3. The van der Waals surface area contributed by atoms with Crippen molar-refractivity contribution in [3.05, 3.63) is 64.7 Å². The number of halogens is 6. The van der Waals surface area contributed by atoms with E-state index in [-0.39, 0.29) is 18.2 Å². The molecule has 2 aromatic carbocycles. The van der Waals surface area contributed by atoms with Crippen LogP contribution in [0.3, 0.4) is 0 Å². The topological polar surface area (TPSA) is 41.5 Å². The van der Waals surface area contributed by atoms with Gasteiger partial charge in [-0.1, -0.05) is 18.2 Å². The van der Waals surface area contributed by atoms with Crippen molar-refractivity contribution >= 4 is 0 Å². The van der Waals surface area contributed by atoms with Crippen LogP contribution in [0.4, 0.5) is 26.3 Å². The van der Waals surface area contributed by atoms with Crippen molar-refractivity contribution in [3.8, 4) is 5.75 Å². The minimum absolute atomic E-state index is 0.0759. The van der Waals surface area contributed by atoms with Crippen molar-refractivity contribution in [2.75, 3.05) is 13.2 Å². The first-order chi connectivity index (χ1) is 12.6. The van der Waals surface area contributed by atoms with Gasteiger partial charge in [0, 0.05) is 18.7 Å². The van der Waals surface area contributed by atoms with Gasteiger partial charge in [0.25, 0.3) is 0 Å². The third-order valence-corrected chi connectivity index (χ3v) is 3.62. The Morgan fingerprint density at radius 1 is 0.889 bits per heavy atom. The van der Waals surface area contributed by atoms with Crippen LogP contribution in [-0.2, 0) is 25.5 Å². The van der Waals surface area contributed by atoms with Gasteiger partial charge in [-0.2, -0.15) is 26.3 Å². The zero-order valence-electron chi connectivity index (χ0n) is 14.0. The molecule has 3 nitrogen and oxygen atoms in total. The molecule has 0 fully saturated rings. The molecule has 0 aromatic heterocycles. The number of alkyl halides is 6. The maximum atomic E-state index is 12.9. The van der Waals surface area contributed by atoms with E-state index >= 15 is 0 Å². The van der Waals surface area contributed by atoms with Crippen LogP contribution >= 0.6 is 0 Å². The van der Waals surface area contributed by atoms with Gasteiger partial charge in [-0.05, 0) is 29.8 Å². The van der Waals surface area contributed by atoms with Gasteiger partial charge in [0.15, 0.2) is 0 Å². The van der Waals surface area contributed by atoms with Crippen LogP contribution in [0.5, 0.6) is 5.75 Å². The SMILES string of the molecule is OCCNCc1ccccc1OCc1cc(C(F)(F)F)cc(C(F)(F)F)c1. The number of aliphatic hydroxyl groups is 1. The molecule has 0 saturated carbocycles. The highest BCUT2D eigenvalue weighted by Gasteiger charge is 2.36. The van der Waals surface area contributed by atoms with Crippen molar-refractivity contribution in [2.45, 2.75) is 25.5 Å². The smallest absolute Gasteiger partial charge is 0.416 e. The summed E-state index contributed by atoms with van der Waals surface area (Å²) < 4.78 is 82.8. The summed E-state index contributed by atoms with van der Waals surface area (Å²) in [6.07, 6.45) is -9.80. The lowest BCUT2D eigenvalue weighted by Crippen LogP contribution is -2.18. The highest BCUT2D eigenvalue weighted by atomic mass is 19.4. The molecule has 2 N–H and O–H groups in total. The summed E-state index contributed by atoms with van der Waals surface area (Å²) in [6, 6.07) is 7.98. The number of nitrogens with one attached hydrogen (secondary N) is 1. The fraction of sp³-hybridized carbons (Fsp3) is 0.333. The zero-order valence-corrected chi connectivity index (χ0v) is 14.0. The molecule has 27 heavy (non-hydrogen) atoms. The van der Waals surface area contributed by atoms with Crippen LogP contribution < -0.4 is 10.1 Å². The maximum Gasteiger partial charge on any atom is 0.416 e. The molecule has 148 valence electrons. The molecular formula is C18H17F6NO2. The number of rotatable bonds is 7. The van der Waals surface area contributed by atoms with E-state index in [1.807, 2.05) is 0 Å². The Balaban J connectivity index is 2.23. The molecular weight excluding hydrogens is 376 g/mol. The Kier molecular flexibility index (Phi) is 6.72. The van der Waals surface area contributed by atoms with Crippen molar-refractivity contribution in [1.29, 1.82) is 0 Å². The Hall–Kier alpha value is -2.26. The van der Waals surface area contributed by atoms with E-state index < -0.39 is 30.1 Å². The predicted octanol–water partition coefficient (Wildman–Crippen LogP) is 4.39. The van der Waals surface area contributed by atoms with Crippen LogP contribution in [0.1, 0.15) is 22.3 Å². The van der Waals surface area contributed by atoms with Crippen molar-refractivity contribution in [3.63, 3.8) is 0 Å². The lowest BCUT2D eigenvalue weighted by Gasteiger charge is -2.16. The van der Waals surface area contributed by atoms with Crippen molar-refractivity contribution in [2.24, 2.45) is 0 Å². The number of aliphatic hydroxyl groups excluding tert-OH is 1. The van der Waals surface area contributed by atoms with E-state index in [4.69, 9.17) is 9.84 Å². The highest BCUT2D eigenvalue weighted by molar-refractivity contribution is 5.36. The van der Waals surface area contributed by atoms with Crippen LogP contribution in [0.15, 0.2) is 42.5 Å². The lowest BCUT2D eigenvalue weighted by atomic mass is 10.1. The summed E-state index contributed by atoms with van der Waals surface area (Å²) in [6.45, 7) is 0.127. The van der Waals surface area contributed by atoms with Crippen LogP contribution in [0.25, 0.3) is 0 Å². The number of ether oxygens (including phenoxy) is 1. The van der Waals surface area contributed by atoms with Gasteiger partial charge in [0.1, 0.15) is 12.4 Å². The Bertz CT molecular complexity index is 726. The predicted molar refractivity (Wildman–Crippen MR) is 86.0 cm³/mol. The van der Waals surface area contributed by atoms with E-state index in [0.717, 1.165) is 0 Å². The number of para-hydroxylation sites is 1. The van der Waals surface area contributed by atoms with E-state index in [2.05, 4.69) is 5.32 Å². The molecule has 0 amide bonds. The first kappa shape index (κ1) is 21.0. The number of benzene rings is 2. The summed E-state index contributed by atoms with van der Waals surface area (Å²) in [7, 11) is 0. The van der Waals surface area contributed by atoms with Crippen molar-refractivity contribution in [1.82, 2.24) is 5.32 Å². The maximum absolute atomic E-state index is 12.9. The molecule has 9 heteroatoms. The fourth-order valence-electron chi connectivity index (χ4n) is 2.36. The summed E-state index contributed by atoms with van der Waals surface area (Å²) in [5.41, 5.74) is -2.34. The molecule has 0 unspecified atom stereocenters. The standard InChI is InChI=1S/C18H17F6NO2/c19-17(20,21)14-7-12(8-15(9-14)18(22,23)24)11-27-16-4-2-1-3-13(16)10-25-5-6-26/h1-4,7-9,25-26H,5-6,10-11H2. The number of hydrogen-bond donors (Lipinski definition) is 2. The molecule has 0 heterocycles. The summed E-state index contributed by atoms with van der Waals surface area (Å²) in [4.78, 5) is 0. The monoisotopic (exact) mass is 393 g/mol. The second-order valence-corrected chi connectivity index (χ2v) is 5.71. The van der Waals surface area contributed by atoms with Crippen molar-refractivity contribution < 1.29 is 36.2 Å². The van der Waals surface area contributed by atoms with Gasteiger partial charge in [-0.25, -0.2) is 0 Å². The fourth-order valence-corrected chi connectivity index (χ4v) is 2.36. The molecule has 2 aromatic rings. The van der Waals surface area contributed by atoms with Crippen LogP contribution in [0.2, 0.25) is 0 Å². The summed E-state index contributed by atoms with van der Waals surface area (Å²) in [5, 5.41) is 11.7. The molecule has 0 aliphatic carbocycles. The average Bonchev–Trinajstić information content (AvgIpc) is 2.59. The average molecular weight is 393 g/mol. The summed E-state index contributed by atoms with van der Waals surface area (Å²) in [5.74, 6) is 0.328.